The molecule has 0 heterocycles. The highest BCUT2D eigenvalue weighted by molar-refractivity contribution is 7.47. The molecule has 8 nitrogen and oxygen atoms in total. The molecule has 2 unspecified atom stereocenters. The van der Waals surface area contributed by atoms with E-state index in [9.17, 15) is 19.0 Å². The first-order valence-electron chi connectivity index (χ1n) is 23.4. The van der Waals surface area contributed by atoms with E-state index in [2.05, 4.69) is 62.5 Å². The third kappa shape index (κ3) is 43.4. The standard InChI is InChI=1S/C48H87O8P/c1-4-7-9-11-13-15-17-19-21-23-24-25-26-27-29-31-33-35-37-39-41-43-48(50)56-46(45-55-57(51,52)54-6-3)44-53-47(49)42-40-38-36-34-32-30-28-22-20-18-16-14-12-10-8-5-2/h16-19,22-24,28,46H,4-15,20-21,25-27,29-45H2,1-3H3,(H,51,52)/b18-16-,19-17-,24-23-,28-22-. The Balaban J connectivity index is 4.06. The van der Waals surface area contributed by atoms with Crippen molar-refractivity contribution in [3.8, 4) is 0 Å². The molecule has 0 aromatic carbocycles. The van der Waals surface area contributed by atoms with Crippen LogP contribution in [-0.4, -0.2) is 42.8 Å². The van der Waals surface area contributed by atoms with Gasteiger partial charge in [-0.25, -0.2) is 4.57 Å². The highest BCUT2D eigenvalue weighted by Gasteiger charge is 2.25. The Hall–Kier alpha value is -1.99. The van der Waals surface area contributed by atoms with E-state index in [4.69, 9.17) is 18.5 Å². The molecule has 0 rings (SSSR count). The SMILES string of the molecule is CCCCCC/C=C\C/C=C\CCCCCCCC(=O)OCC(COP(=O)(O)OCC)OC(=O)CCCCCCCCCCC/C=C\C/C=C\CCCCCCC. The first kappa shape index (κ1) is 55.0. The van der Waals surface area contributed by atoms with Crippen molar-refractivity contribution in [1.29, 1.82) is 0 Å². The van der Waals surface area contributed by atoms with E-state index < -0.39 is 26.5 Å². The van der Waals surface area contributed by atoms with Gasteiger partial charge in [0.15, 0.2) is 6.10 Å². The van der Waals surface area contributed by atoms with Crippen LogP contribution in [0.15, 0.2) is 48.6 Å². The molecule has 0 aliphatic heterocycles. The number of hydrogen-bond acceptors (Lipinski definition) is 7. The van der Waals surface area contributed by atoms with Crippen molar-refractivity contribution >= 4 is 19.8 Å². The Kier molecular flexibility index (Phi) is 42.1. The van der Waals surface area contributed by atoms with E-state index >= 15 is 0 Å². The summed E-state index contributed by atoms with van der Waals surface area (Å²) >= 11 is 0. The number of esters is 2. The molecule has 0 aliphatic carbocycles. The number of carbonyl (C=O) groups excluding carboxylic acids is 2. The van der Waals surface area contributed by atoms with Crippen LogP contribution in [0.2, 0.25) is 0 Å². The summed E-state index contributed by atoms with van der Waals surface area (Å²) in [5.41, 5.74) is 0. The Bertz CT molecular complexity index is 1070. The fourth-order valence-corrected chi connectivity index (χ4v) is 7.15. The van der Waals surface area contributed by atoms with Crippen LogP contribution in [0.1, 0.15) is 220 Å². The fraction of sp³-hybridized carbons (Fsp3) is 0.792. The van der Waals surface area contributed by atoms with Crippen LogP contribution in [0.4, 0.5) is 0 Å². The Morgan fingerprint density at radius 2 is 0.842 bits per heavy atom. The molecule has 2 atom stereocenters. The lowest BCUT2D eigenvalue weighted by Gasteiger charge is -2.19. The van der Waals surface area contributed by atoms with Crippen LogP contribution in [0.3, 0.4) is 0 Å². The number of phosphoric acid groups is 1. The summed E-state index contributed by atoms with van der Waals surface area (Å²) in [5.74, 6) is -0.816. The molecular formula is C48H87O8P. The van der Waals surface area contributed by atoms with Gasteiger partial charge in [-0.15, -0.1) is 0 Å². The first-order valence-corrected chi connectivity index (χ1v) is 24.9. The van der Waals surface area contributed by atoms with Crippen molar-refractivity contribution < 1.29 is 37.6 Å². The Morgan fingerprint density at radius 1 is 0.474 bits per heavy atom. The summed E-state index contributed by atoms with van der Waals surface area (Å²) in [4.78, 5) is 34.8. The number of allylic oxidation sites excluding steroid dienone is 8. The minimum absolute atomic E-state index is 0.00390. The van der Waals surface area contributed by atoms with Gasteiger partial charge in [0.05, 0.1) is 13.2 Å². The summed E-state index contributed by atoms with van der Waals surface area (Å²) < 4.78 is 32.7. The number of rotatable bonds is 43. The second-order valence-corrected chi connectivity index (χ2v) is 16.9. The predicted molar refractivity (Wildman–Crippen MR) is 239 cm³/mol. The molecule has 9 heteroatoms. The van der Waals surface area contributed by atoms with E-state index in [1.54, 1.807) is 6.92 Å². The molecule has 0 aliphatic rings. The highest BCUT2D eigenvalue weighted by Crippen LogP contribution is 2.43. The van der Waals surface area contributed by atoms with Gasteiger partial charge in [-0.05, 0) is 84.0 Å². The number of ether oxygens (including phenoxy) is 2. The number of carbonyl (C=O) groups is 2. The molecule has 0 saturated carbocycles. The zero-order valence-corrected chi connectivity index (χ0v) is 37.9. The molecule has 1 N–H and O–H groups in total. The maximum Gasteiger partial charge on any atom is 0.472 e. The van der Waals surface area contributed by atoms with E-state index in [1.807, 2.05) is 0 Å². The van der Waals surface area contributed by atoms with Crippen LogP contribution in [0, 0.1) is 0 Å². The van der Waals surface area contributed by atoms with Gasteiger partial charge in [0.25, 0.3) is 0 Å². The van der Waals surface area contributed by atoms with Gasteiger partial charge in [0.2, 0.25) is 0 Å². The van der Waals surface area contributed by atoms with Crippen molar-refractivity contribution in [3.05, 3.63) is 48.6 Å². The van der Waals surface area contributed by atoms with Crippen molar-refractivity contribution in [2.75, 3.05) is 19.8 Å². The van der Waals surface area contributed by atoms with E-state index in [1.165, 1.54) is 109 Å². The predicted octanol–water partition coefficient (Wildman–Crippen LogP) is 15.0. The third-order valence-corrected chi connectivity index (χ3v) is 10.9. The summed E-state index contributed by atoms with van der Waals surface area (Å²) in [6.07, 6.45) is 51.6. The van der Waals surface area contributed by atoms with Crippen molar-refractivity contribution in [3.63, 3.8) is 0 Å². The molecule has 332 valence electrons. The minimum Gasteiger partial charge on any atom is -0.462 e. The lowest BCUT2D eigenvalue weighted by molar-refractivity contribution is -0.161. The van der Waals surface area contributed by atoms with Gasteiger partial charge in [-0.3, -0.25) is 18.6 Å². The smallest absolute Gasteiger partial charge is 0.462 e. The molecule has 0 bridgehead atoms. The molecule has 0 saturated heterocycles. The van der Waals surface area contributed by atoms with Gasteiger partial charge in [-0.1, -0.05) is 172 Å². The molecule has 0 aromatic rings. The lowest BCUT2D eigenvalue weighted by atomic mass is 10.1. The number of phosphoric ester groups is 1. The van der Waals surface area contributed by atoms with Crippen molar-refractivity contribution in [2.24, 2.45) is 0 Å². The number of hydrogen-bond donors (Lipinski definition) is 1. The van der Waals surface area contributed by atoms with Gasteiger partial charge >= 0.3 is 19.8 Å². The largest absolute Gasteiger partial charge is 0.472 e. The lowest BCUT2D eigenvalue weighted by Crippen LogP contribution is -2.29. The second kappa shape index (κ2) is 43.6. The molecule has 0 aromatic heterocycles. The van der Waals surface area contributed by atoms with Crippen molar-refractivity contribution in [2.45, 2.75) is 226 Å². The quantitative estimate of drug-likeness (QED) is 0.0280. The Labute approximate surface area is 350 Å². The molecule has 0 amide bonds. The minimum atomic E-state index is -4.29. The summed E-state index contributed by atoms with van der Waals surface area (Å²) in [6.45, 7) is 5.44. The van der Waals surface area contributed by atoms with Gasteiger partial charge < -0.3 is 14.4 Å². The summed E-state index contributed by atoms with van der Waals surface area (Å²) in [7, 11) is -4.29. The zero-order chi connectivity index (χ0) is 41.8. The Morgan fingerprint density at radius 3 is 1.26 bits per heavy atom. The van der Waals surface area contributed by atoms with Crippen LogP contribution >= 0.6 is 7.82 Å². The molecule has 0 spiro atoms. The number of unbranched alkanes of at least 4 members (excludes halogenated alkanes) is 23. The normalized spacial score (nSPS) is 13.7. The van der Waals surface area contributed by atoms with Crippen LogP contribution in [0.25, 0.3) is 0 Å². The van der Waals surface area contributed by atoms with Gasteiger partial charge in [0, 0.05) is 12.8 Å². The third-order valence-electron chi connectivity index (χ3n) is 9.86. The van der Waals surface area contributed by atoms with Crippen LogP contribution in [0.5, 0.6) is 0 Å². The monoisotopic (exact) mass is 823 g/mol. The fourth-order valence-electron chi connectivity index (χ4n) is 6.40. The molecule has 0 radical (unpaired) electrons. The van der Waals surface area contributed by atoms with E-state index in [-0.39, 0.29) is 32.0 Å². The second-order valence-electron chi connectivity index (χ2n) is 15.4. The summed E-state index contributed by atoms with van der Waals surface area (Å²) in [6, 6.07) is 0. The zero-order valence-electron chi connectivity index (χ0n) is 37.0. The highest BCUT2D eigenvalue weighted by atomic mass is 31.2. The summed E-state index contributed by atoms with van der Waals surface area (Å²) in [5, 5.41) is 0. The maximum absolute atomic E-state index is 12.6. The maximum atomic E-state index is 12.6. The molecule has 0 fully saturated rings. The van der Waals surface area contributed by atoms with Gasteiger partial charge in [0.1, 0.15) is 6.61 Å². The molecule has 57 heavy (non-hydrogen) atoms. The topological polar surface area (TPSA) is 108 Å². The van der Waals surface area contributed by atoms with Crippen LogP contribution in [-0.2, 0) is 32.7 Å². The van der Waals surface area contributed by atoms with Crippen LogP contribution < -0.4 is 0 Å². The van der Waals surface area contributed by atoms with Crippen molar-refractivity contribution in [1.82, 2.24) is 0 Å². The van der Waals surface area contributed by atoms with E-state index in [0.29, 0.717) is 6.42 Å². The van der Waals surface area contributed by atoms with E-state index in [0.717, 1.165) is 70.6 Å². The molecular weight excluding hydrogens is 735 g/mol. The average molecular weight is 823 g/mol. The average Bonchev–Trinajstić information content (AvgIpc) is 3.19. The van der Waals surface area contributed by atoms with Gasteiger partial charge in [-0.2, -0.15) is 0 Å². The first-order chi connectivity index (χ1) is 27.8.